The van der Waals surface area contributed by atoms with E-state index >= 15 is 0 Å². The maximum absolute atomic E-state index is 13.7. The minimum Gasteiger partial charge on any atom is -0.363 e. The van der Waals surface area contributed by atoms with E-state index in [1.54, 1.807) is 26.4 Å². The van der Waals surface area contributed by atoms with Crippen LogP contribution in [0.4, 0.5) is 18.9 Å². The summed E-state index contributed by atoms with van der Waals surface area (Å²) < 4.78 is 51.8. The number of rotatable bonds is 4. The van der Waals surface area contributed by atoms with Crippen LogP contribution in [0.1, 0.15) is 36.3 Å². The van der Waals surface area contributed by atoms with Crippen molar-refractivity contribution in [3.8, 4) is 0 Å². The van der Waals surface area contributed by atoms with Crippen LogP contribution in [0.2, 0.25) is 0 Å². The van der Waals surface area contributed by atoms with Crippen molar-refractivity contribution in [2.24, 2.45) is 0 Å². The van der Waals surface area contributed by atoms with E-state index in [-0.39, 0.29) is 22.9 Å². The molecular formula is C19H21F3N2O3. The fourth-order valence-corrected chi connectivity index (χ4v) is 4.69. The molecule has 5 nitrogen and oxygen atoms in total. The zero-order chi connectivity index (χ0) is 19.3. The topological polar surface area (TPSA) is 54.6 Å². The lowest BCUT2D eigenvalue weighted by atomic mass is 9.91. The standard InChI is InChI=1S/C19H21F3N2O3/c1-26-16(27-2)9-24-13-5-3-4-10(13)17-14(24)7-6-12-18(17)11(19(20,21)22)8-15(25)23-12/h6-8,10,13,16H,3-5,9H2,1-2H3,(H,23,25). The molecule has 146 valence electrons. The first kappa shape index (κ1) is 18.3. The lowest BCUT2D eigenvalue weighted by molar-refractivity contribution is -0.136. The molecule has 1 aliphatic carbocycles. The molecule has 2 aromatic rings. The molecule has 2 atom stereocenters. The Labute approximate surface area is 154 Å². The van der Waals surface area contributed by atoms with Crippen molar-refractivity contribution < 1.29 is 22.6 Å². The Kier molecular flexibility index (Phi) is 4.43. The number of nitrogens with one attached hydrogen (secondary N) is 1. The third kappa shape index (κ3) is 2.91. The third-order valence-electron chi connectivity index (χ3n) is 5.76. The second-order valence-corrected chi connectivity index (χ2v) is 7.12. The van der Waals surface area contributed by atoms with E-state index in [0.717, 1.165) is 24.9 Å². The number of aromatic nitrogens is 1. The molecule has 1 aromatic carbocycles. The number of nitrogens with zero attached hydrogens (tertiary/aromatic N) is 1. The largest absolute Gasteiger partial charge is 0.417 e. The second-order valence-electron chi connectivity index (χ2n) is 7.12. The highest BCUT2D eigenvalue weighted by molar-refractivity contribution is 5.93. The van der Waals surface area contributed by atoms with Crippen molar-refractivity contribution in [1.82, 2.24) is 4.98 Å². The van der Waals surface area contributed by atoms with Crippen molar-refractivity contribution in [3.05, 3.63) is 39.7 Å². The Morgan fingerprint density at radius 2 is 2.00 bits per heavy atom. The molecule has 1 fully saturated rings. The Morgan fingerprint density at radius 3 is 2.67 bits per heavy atom. The van der Waals surface area contributed by atoms with Crippen molar-refractivity contribution in [3.63, 3.8) is 0 Å². The average Bonchev–Trinajstić information content (AvgIpc) is 3.19. The SMILES string of the molecule is COC(CN1c2ccc3[nH]c(=O)cc(C(F)(F)F)c3c2C2CCCC21)OC. The quantitative estimate of drug-likeness (QED) is 0.821. The van der Waals surface area contributed by atoms with Gasteiger partial charge in [-0.15, -0.1) is 0 Å². The first-order valence-corrected chi connectivity index (χ1v) is 8.94. The summed E-state index contributed by atoms with van der Waals surface area (Å²) >= 11 is 0. The molecule has 27 heavy (non-hydrogen) atoms. The molecule has 4 rings (SSSR count). The van der Waals surface area contributed by atoms with Crippen molar-refractivity contribution in [2.45, 2.75) is 43.7 Å². The molecule has 8 heteroatoms. The molecule has 2 heterocycles. The van der Waals surface area contributed by atoms with Crippen LogP contribution in [0.3, 0.4) is 0 Å². The summed E-state index contributed by atoms with van der Waals surface area (Å²) in [6, 6.07) is 4.15. The minimum absolute atomic E-state index is 0.00469. The van der Waals surface area contributed by atoms with E-state index in [9.17, 15) is 18.0 Å². The highest BCUT2D eigenvalue weighted by Crippen LogP contribution is 2.53. The molecule has 1 N–H and O–H groups in total. The van der Waals surface area contributed by atoms with Crippen LogP contribution in [0, 0.1) is 0 Å². The monoisotopic (exact) mass is 382 g/mol. The van der Waals surface area contributed by atoms with E-state index < -0.39 is 23.6 Å². The molecule has 0 bridgehead atoms. The van der Waals surface area contributed by atoms with Crippen LogP contribution in [0.5, 0.6) is 0 Å². The highest BCUT2D eigenvalue weighted by atomic mass is 19.4. The number of halogens is 3. The highest BCUT2D eigenvalue weighted by Gasteiger charge is 2.45. The molecule has 1 saturated carbocycles. The van der Waals surface area contributed by atoms with Gasteiger partial charge < -0.3 is 19.4 Å². The Morgan fingerprint density at radius 1 is 1.26 bits per heavy atom. The van der Waals surface area contributed by atoms with Gasteiger partial charge in [0.15, 0.2) is 6.29 Å². The number of H-pyrrole nitrogens is 1. The lowest BCUT2D eigenvalue weighted by Crippen LogP contribution is -2.39. The Balaban J connectivity index is 1.95. The zero-order valence-corrected chi connectivity index (χ0v) is 15.1. The molecule has 2 unspecified atom stereocenters. The van der Waals surface area contributed by atoms with Gasteiger partial charge in [-0.05, 0) is 30.5 Å². The summed E-state index contributed by atoms with van der Waals surface area (Å²) in [7, 11) is 3.09. The number of hydrogen-bond acceptors (Lipinski definition) is 4. The summed E-state index contributed by atoms with van der Waals surface area (Å²) in [5, 5.41) is 0.116. The molecular weight excluding hydrogens is 361 g/mol. The summed E-state index contributed by atoms with van der Waals surface area (Å²) in [5.74, 6) is 0.00469. The molecule has 0 amide bonds. The van der Waals surface area contributed by atoms with Crippen molar-refractivity contribution >= 4 is 16.6 Å². The van der Waals surface area contributed by atoms with Gasteiger partial charge in [0.05, 0.1) is 12.1 Å². The van der Waals surface area contributed by atoms with Crippen LogP contribution >= 0.6 is 0 Å². The van der Waals surface area contributed by atoms with Gasteiger partial charge in [0.25, 0.3) is 0 Å². The normalized spacial score (nSPS) is 21.9. The molecule has 1 aromatic heterocycles. The van der Waals surface area contributed by atoms with Gasteiger partial charge in [-0.2, -0.15) is 13.2 Å². The zero-order valence-electron chi connectivity index (χ0n) is 15.1. The average molecular weight is 382 g/mol. The van der Waals surface area contributed by atoms with Gasteiger partial charge in [-0.3, -0.25) is 4.79 Å². The molecule has 0 radical (unpaired) electrons. The Hall–Kier alpha value is -2.06. The van der Waals surface area contributed by atoms with Gasteiger partial charge in [0, 0.05) is 48.8 Å². The number of benzene rings is 1. The van der Waals surface area contributed by atoms with Crippen LogP contribution in [-0.4, -0.2) is 38.1 Å². The number of pyridine rings is 1. The molecule has 2 aliphatic rings. The van der Waals surface area contributed by atoms with Crippen LogP contribution in [0.15, 0.2) is 23.0 Å². The van der Waals surface area contributed by atoms with E-state index in [0.29, 0.717) is 18.2 Å². The van der Waals surface area contributed by atoms with E-state index in [1.165, 1.54) is 0 Å². The van der Waals surface area contributed by atoms with E-state index in [2.05, 4.69) is 9.88 Å². The minimum atomic E-state index is -4.59. The van der Waals surface area contributed by atoms with Gasteiger partial charge in [-0.25, -0.2) is 0 Å². The Bertz CT molecular complexity index is 921. The van der Waals surface area contributed by atoms with Gasteiger partial charge >= 0.3 is 6.18 Å². The maximum atomic E-state index is 13.7. The van der Waals surface area contributed by atoms with E-state index in [4.69, 9.17) is 9.47 Å². The van der Waals surface area contributed by atoms with Gasteiger partial charge in [0.1, 0.15) is 0 Å². The molecule has 1 aliphatic heterocycles. The van der Waals surface area contributed by atoms with Gasteiger partial charge in [-0.1, -0.05) is 6.42 Å². The van der Waals surface area contributed by atoms with Crippen LogP contribution < -0.4 is 10.5 Å². The number of fused-ring (bicyclic) bond motifs is 5. The lowest BCUT2D eigenvalue weighted by Gasteiger charge is -2.30. The molecule has 0 saturated heterocycles. The first-order chi connectivity index (χ1) is 12.8. The van der Waals surface area contributed by atoms with Gasteiger partial charge in [0.2, 0.25) is 5.56 Å². The van der Waals surface area contributed by atoms with Crippen molar-refractivity contribution in [1.29, 1.82) is 0 Å². The number of hydrogen-bond donors (Lipinski definition) is 1. The van der Waals surface area contributed by atoms with Crippen molar-refractivity contribution in [2.75, 3.05) is 25.7 Å². The predicted octanol–water partition coefficient (Wildman–Crippen LogP) is 3.62. The number of anilines is 1. The fraction of sp³-hybridized carbons (Fsp3) is 0.526. The maximum Gasteiger partial charge on any atom is 0.417 e. The fourth-order valence-electron chi connectivity index (χ4n) is 4.69. The third-order valence-corrected chi connectivity index (χ3v) is 5.76. The first-order valence-electron chi connectivity index (χ1n) is 8.94. The summed E-state index contributed by atoms with van der Waals surface area (Å²) in [5.41, 5.74) is 0.0848. The second kappa shape index (κ2) is 6.53. The summed E-state index contributed by atoms with van der Waals surface area (Å²) in [6.07, 6.45) is -2.37. The summed E-state index contributed by atoms with van der Waals surface area (Å²) in [6.45, 7) is 0.442. The molecule has 0 spiro atoms. The number of aromatic amines is 1. The summed E-state index contributed by atoms with van der Waals surface area (Å²) in [4.78, 5) is 16.4. The number of methoxy groups -OCH3 is 2. The number of ether oxygens (including phenoxy) is 2. The predicted molar refractivity (Wildman–Crippen MR) is 95.1 cm³/mol. The smallest absolute Gasteiger partial charge is 0.363 e. The van der Waals surface area contributed by atoms with E-state index in [1.807, 2.05) is 0 Å². The number of alkyl halides is 3. The van der Waals surface area contributed by atoms with Crippen LogP contribution in [0.25, 0.3) is 10.9 Å². The van der Waals surface area contributed by atoms with Crippen LogP contribution in [-0.2, 0) is 15.7 Å².